The second-order valence-electron chi connectivity index (χ2n) is 4.92. The molecule has 0 aliphatic rings. The van der Waals surface area contributed by atoms with Gasteiger partial charge in [-0.15, -0.1) is 0 Å². The van der Waals surface area contributed by atoms with E-state index in [1.165, 1.54) is 18.2 Å². The molecule has 0 bridgehead atoms. The van der Waals surface area contributed by atoms with Crippen molar-refractivity contribution in [3.8, 4) is 5.75 Å². The minimum absolute atomic E-state index is 0.0731. The Labute approximate surface area is 147 Å². The molecule has 26 heavy (non-hydrogen) atoms. The van der Waals surface area contributed by atoms with Crippen LogP contribution in [0.15, 0.2) is 44.9 Å². The number of nitrogens with zero attached hydrogens (tertiary/aromatic N) is 2. The van der Waals surface area contributed by atoms with E-state index in [1.807, 2.05) is 0 Å². The van der Waals surface area contributed by atoms with Crippen LogP contribution < -0.4 is 10.2 Å². The number of carbonyl (C=O) groups excluding carboxylic acids is 1. The second kappa shape index (κ2) is 7.76. The van der Waals surface area contributed by atoms with E-state index in [2.05, 4.69) is 10.5 Å². The topological polar surface area (TPSA) is 164 Å². The van der Waals surface area contributed by atoms with E-state index in [1.54, 1.807) is 13.0 Å². The van der Waals surface area contributed by atoms with E-state index in [0.717, 1.165) is 12.3 Å². The number of ether oxygens (including phenoxy) is 1. The molecule has 0 aliphatic carbocycles. The predicted octanol–water partition coefficient (Wildman–Crippen LogP) is 0.929. The maximum atomic E-state index is 11.6. The molecule has 0 aliphatic heterocycles. The Bertz CT molecular complexity index is 964. The highest BCUT2D eigenvalue weighted by Crippen LogP contribution is 2.27. The highest BCUT2D eigenvalue weighted by atomic mass is 32.2. The van der Waals surface area contributed by atoms with Gasteiger partial charge in [0.1, 0.15) is 5.76 Å². The standard InChI is InChI=1S/C14H13N3O8S/c1-9-2-4-12(11(6-9)17(19)20)24-8-13(18)16-15-7-10-3-5-14(25-10)26(21,22)23/h2-7H,8H2,1H3,(H,16,18)(H,21,22,23)/p-1/b15-7-. The summed E-state index contributed by atoms with van der Waals surface area (Å²) in [4.78, 5) is 21.9. The second-order valence-corrected chi connectivity index (χ2v) is 6.23. The van der Waals surface area contributed by atoms with Gasteiger partial charge in [0.15, 0.2) is 22.5 Å². The third-order valence-electron chi connectivity index (χ3n) is 2.90. The number of nitrogens with one attached hydrogen (secondary N) is 1. The molecule has 0 saturated carbocycles. The molecule has 1 aromatic heterocycles. The van der Waals surface area contributed by atoms with Gasteiger partial charge in [-0.1, -0.05) is 6.07 Å². The van der Waals surface area contributed by atoms with E-state index >= 15 is 0 Å². The van der Waals surface area contributed by atoms with Crippen LogP contribution in [-0.2, 0) is 14.9 Å². The van der Waals surface area contributed by atoms with Crippen molar-refractivity contribution in [3.63, 3.8) is 0 Å². The minimum Gasteiger partial charge on any atom is -0.742 e. The first-order chi connectivity index (χ1) is 12.2. The van der Waals surface area contributed by atoms with E-state index in [-0.39, 0.29) is 17.2 Å². The lowest BCUT2D eigenvalue weighted by atomic mass is 10.2. The fourth-order valence-electron chi connectivity index (χ4n) is 1.77. The lowest BCUT2D eigenvalue weighted by molar-refractivity contribution is -0.385. The molecule has 0 fully saturated rings. The van der Waals surface area contributed by atoms with Crippen LogP contribution in [0.3, 0.4) is 0 Å². The van der Waals surface area contributed by atoms with Crippen molar-refractivity contribution in [2.75, 3.05) is 6.61 Å². The quantitative estimate of drug-likeness (QED) is 0.320. The zero-order valence-electron chi connectivity index (χ0n) is 13.2. The van der Waals surface area contributed by atoms with Gasteiger partial charge < -0.3 is 13.7 Å². The SMILES string of the molecule is Cc1ccc(OCC(=O)N/N=C\c2ccc(S(=O)(=O)[O-])o2)c([N+](=O)[O-])c1. The number of rotatable bonds is 7. The van der Waals surface area contributed by atoms with Crippen LogP contribution in [0.1, 0.15) is 11.3 Å². The number of hydrogen-bond donors (Lipinski definition) is 1. The van der Waals surface area contributed by atoms with E-state index in [9.17, 15) is 27.9 Å². The first-order valence-electron chi connectivity index (χ1n) is 6.92. The van der Waals surface area contributed by atoms with Gasteiger partial charge in [-0.2, -0.15) is 5.10 Å². The van der Waals surface area contributed by atoms with Crippen LogP contribution in [0, 0.1) is 17.0 Å². The van der Waals surface area contributed by atoms with E-state index in [0.29, 0.717) is 5.56 Å². The smallest absolute Gasteiger partial charge is 0.311 e. The largest absolute Gasteiger partial charge is 0.742 e. The van der Waals surface area contributed by atoms with Crippen molar-refractivity contribution >= 4 is 27.9 Å². The average Bonchev–Trinajstić information content (AvgIpc) is 3.02. The Morgan fingerprint density at radius 1 is 1.38 bits per heavy atom. The average molecular weight is 382 g/mol. The molecular formula is C14H12N3O8S-. The molecule has 2 aromatic rings. The molecule has 0 unspecified atom stereocenters. The maximum Gasteiger partial charge on any atom is 0.311 e. The van der Waals surface area contributed by atoms with Gasteiger partial charge in [0, 0.05) is 6.07 Å². The zero-order chi connectivity index (χ0) is 19.3. The summed E-state index contributed by atoms with van der Waals surface area (Å²) in [7, 11) is -4.72. The molecule has 0 spiro atoms. The Morgan fingerprint density at radius 3 is 2.73 bits per heavy atom. The van der Waals surface area contributed by atoms with Gasteiger partial charge in [-0.05, 0) is 30.7 Å². The van der Waals surface area contributed by atoms with Crippen molar-refractivity contribution in [1.82, 2.24) is 5.43 Å². The highest BCUT2D eigenvalue weighted by Gasteiger charge is 2.16. The molecule has 1 N–H and O–H groups in total. The van der Waals surface area contributed by atoms with Gasteiger partial charge in [0.2, 0.25) is 5.09 Å². The fourth-order valence-corrected chi connectivity index (χ4v) is 2.21. The summed E-state index contributed by atoms with van der Waals surface area (Å²) < 4.78 is 41.9. The maximum absolute atomic E-state index is 11.6. The minimum atomic E-state index is -4.72. The van der Waals surface area contributed by atoms with Crippen LogP contribution >= 0.6 is 0 Å². The summed E-state index contributed by atoms with van der Waals surface area (Å²) in [6.07, 6.45) is 0.973. The Hall–Kier alpha value is -3.25. The summed E-state index contributed by atoms with van der Waals surface area (Å²) in [6.45, 7) is 1.13. The Kier molecular flexibility index (Phi) is 5.69. The number of hydrogen-bond acceptors (Lipinski definition) is 9. The first kappa shape index (κ1) is 19.1. The number of hydrazone groups is 1. The molecule has 2 rings (SSSR count). The Morgan fingerprint density at radius 2 is 2.12 bits per heavy atom. The van der Waals surface area contributed by atoms with Gasteiger partial charge >= 0.3 is 5.69 Å². The van der Waals surface area contributed by atoms with Crippen molar-refractivity contribution < 1.29 is 31.8 Å². The summed E-state index contributed by atoms with van der Waals surface area (Å²) in [6, 6.07) is 6.40. The summed E-state index contributed by atoms with van der Waals surface area (Å²) >= 11 is 0. The third-order valence-corrected chi connectivity index (χ3v) is 3.61. The van der Waals surface area contributed by atoms with Crippen molar-refractivity contribution in [3.05, 3.63) is 51.8 Å². The lowest BCUT2D eigenvalue weighted by Crippen LogP contribution is -2.24. The van der Waals surface area contributed by atoms with Crippen molar-refractivity contribution in [1.29, 1.82) is 0 Å². The van der Waals surface area contributed by atoms with E-state index < -0.39 is 32.6 Å². The van der Waals surface area contributed by atoms with Crippen LogP contribution in [0.5, 0.6) is 5.75 Å². The molecule has 1 amide bonds. The third kappa shape index (κ3) is 5.12. The molecule has 1 heterocycles. The first-order valence-corrected chi connectivity index (χ1v) is 8.33. The number of aryl methyl sites for hydroxylation is 1. The molecule has 12 heteroatoms. The monoisotopic (exact) mass is 382 g/mol. The molecule has 138 valence electrons. The number of amides is 1. The van der Waals surface area contributed by atoms with Crippen LogP contribution in [-0.4, -0.2) is 36.6 Å². The van der Waals surface area contributed by atoms with Crippen molar-refractivity contribution in [2.45, 2.75) is 12.0 Å². The molecular weight excluding hydrogens is 370 g/mol. The molecule has 1 aromatic carbocycles. The molecule has 0 atom stereocenters. The predicted molar refractivity (Wildman–Crippen MR) is 85.7 cm³/mol. The lowest BCUT2D eigenvalue weighted by Gasteiger charge is -2.06. The van der Waals surface area contributed by atoms with Gasteiger partial charge in [0.25, 0.3) is 5.91 Å². The van der Waals surface area contributed by atoms with E-state index in [4.69, 9.17) is 9.15 Å². The van der Waals surface area contributed by atoms with Crippen LogP contribution in [0.2, 0.25) is 0 Å². The summed E-state index contributed by atoms with van der Waals surface area (Å²) in [5.74, 6) is -0.870. The van der Waals surface area contributed by atoms with Gasteiger partial charge in [-0.25, -0.2) is 13.8 Å². The highest BCUT2D eigenvalue weighted by molar-refractivity contribution is 7.85. The molecule has 11 nitrogen and oxygen atoms in total. The number of nitro benzene ring substituents is 1. The van der Waals surface area contributed by atoms with Crippen LogP contribution in [0.25, 0.3) is 0 Å². The number of benzene rings is 1. The molecule has 0 saturated heterocycles. The van der Waals surface area contributed by atoms with Crippen molar-refractivity contribution in [2.24, 2.45) is 5.10 Å². The normalized spacial score (nSPS) is 11.5. The van der Waals surface area contributed by atoms with Gasteiger partial charge in [0.05, 0.1) is 11.1 Å². The van der Waals surface area contributed by atoms with Gasteiger partial charge in [-0.3, -0.25) is 14.9 Å². The number of carbonyl (C=O) groups is 1. The Balaban J connectivity index is 1.92. The van der Waals surface area contributed by atoms with Crippen LogP contribution in [0.4, 0.5) is 5.69 Å². The summed E-state index contributed by atoms with van der Waals surface area (Å²) in [5, 5.41) is 13.7. The number of furan rings is 1. The fraction of sp³-hybridized carbons (Fsp3) is 0.143. The zero-order valence-corrected chi connectivity index (χ0v) is 14.1. The summed E-state index contributed by atoms with van der Waals surface area (Å²) in [5.41, 5.74) is 2.45. The number of nitro groups is 1. The molecule has 0 radical (unpaired) electrons.